The van der Waals surface area contributed by atoms with Gasteiger partial charge in [0, 0.05) is 31.7 Å². The van der Waals surface area contributed by atoms with E-state index in [0.717, 1.165) is 25.7 Å². The molecule has 3 fully saturated rings. The van der Waals surface area contributed by atoms with Crippen LogP contribution in [0.15, 0.2) is 12.4 Å². The third-order valence-corrected chi connectivity index (χ3v) is 10.1. The number of hydrogen-bond acceptors (Lipinski definition) is 9. The standard InChI is InChI=1S/C26H42N6O6S/c1-25(2,29(4)5)10-15-39(35,36)31-13-14-32(23(33)18-31)21-16-28-22(17-27-21)37-19-20-6-11-30(12-7-20)24(34)38-26(3)8-9-26/h16-17,20H,6-15,18-19H2,1-5H3. The minimum absolute atomic E-state index is 0.0140. The number of anilines is 1. The van der Waals surface area contributed by atoms with Crippen molar-refractivity contribution in [2.24, 2.45) is 5.92 Å². The molecule has 1 aliphatic carbocycles. The number of amides is 2. The minimum atomic E-state index is -3.55. The summed E-state index contributed by atoms with van der Waals surface area (Å²) in [5, 5.41) is 0. The van der Waals surface area contributed by atoms with E-state index in [1.54, 1.807) is 4.90 Å². The second kappa shape index (κ2) is 11.5. The van der Waals surface area contributed by atoms with Gasteiger partial charge in [-0.15, -0.1) is 0 Å². The number of aromatic nitrogens is 2. The molecule has 39 heavy (non-hydrogen) atoms. The van der Waals surface area contributed by atoms with E-state index < -0.39 is 10.0 Å². The average molecular weight is 567 g/mol. The number of rotatable bonds is 10. The van der Waals surface area contributed by atoms with Crippen molar-refractivity contribution in [3.8, 4) is 5.88 Å². The highest BCUT2D eigenvalue weighted by Gasteiger charge is 2.43. The maximum Gasteiger partial charge on any atom is 0.410 e. The summed E-state index contributed by atoms with van der Waals surface area (Å²) in [4.78, 5) is 38.9. The summed E-state index contributed by atoms with van der Waals surface area (Å²) >= 11 is 0. The molecule has 218 valence electrons. The molecule has 4 rings (SSSR count). The fourth-order valence-electron chi connectivity index (χ4n) is 4.42. The van der Waals surface area contributed by atoms with Gasteiger partial charge in [0.25, 0.3) is 0 Å². The number of carbonyl (C=O) groups excluding carboxylic acids is 2. The van der Waals surface area contributed by atoms with Crippen LogP contribution in [0.2, 0.25) is 0 Å². The molecule has 0 spiro atoms. The molecule has 0 bridgehead atoms. The Labute approximate surface area is 231 Å². The highest BCUT2D eigenvalue weighted by atomic mass is 32.2. The van der Waals surface area contributed by atoms with Crippen molar-refractivity contribution < 1.29 is 27.5 Å². The fraction of sp³-hybridized carbons (Fsp3) is 0.769. The fourth-order valence-corrected chi connectivity index (χ4v) is 6.11. The maximum atomic E-state index is 12.9. The van der Waals surface area contributed by atoms with Gasteiger partial charge in [0.1, 0.15) is 5.60 Å². The normalized spacial score (nSPS) is 20.8. The van der Waals surface area contributed by atoms with Crippen molar-refractivity contribution in [2.45, 2.75) is 64.0 Å². The monoisotopic (exact) mass is 566 g/mol. The van der Waals surface area contributed by atoms with E-state index in [2.05, 4.69) is 9.97 Å². The van der Waals surface area contributed by atoms with Crippen LogP contribution in [0.4, 0.5) is 10.6 Å². The minimum Gasteiger partial charge on any atom is -0.476 e. The number of piperazine rings is 1. The molecule has 1 aromatic heterocycles. The lowest BCUT2D eigenvalue weighted by Crippen LogP contribution is -2.53. The predicted molar refractivity (Wildman–Crippen MR) is 146 cm³/mol. The third-order valence-electron chi connectivity index (χ3n) is 8.28. The lowest BCUT2D eigenvalue weighted by molar-refractivity contribution is -0.120. The molecular weight excluding hydrogens is 524 g/mol. The zero-order valence-electron chi connectivity index (χ0n) is 23.8. The van der Waals surface area contributed by atoms with Gasteiger partial charge in [-0.1, -0.05) is 0 Å². The quantitative estimate of drug-likeness (QED) is 0.418. The first-order valence-corrected chi connectivity index (χ1v) is 15.3. The average Bonchev–Trinajstić information content (AvgIpc) is 3.63. The van der Waals surface area contributed by atoms with E-state index in [-0.39, 0.29) is 48.5 Å². The Hall–Kier alpha value is -2.51. The Morgan fingerprint density at radius 3 is 2.38 bits per heavy atom. The first-order chi connectivity index (χ1) is 18.3. The lowest BCUT2D eigenvalue weighted by atomic mass is 9.98. The van der Waals surface area contributed by atoms with Crippen LogP contribution in [0.1, 0.15) is 52.9 Å². The SMILES string of the molecule is CN(C)C(C)(C)CCS(=O)(=O)N1CCN(c2cnc(OCC3CCN(C(=O)OC4(C)CC4)CC3)cn2)C(=O)C1. The van der Waals surface area contributed by atoms with Gasteiger partial charge in [-0.25, -0.2) is 23.2 Å². The van der Waals surface area contributed by atoms with Crippen LogP contribution < -0.4 is 9.64 Å². The Bertz CT molecular complexity index is 1130. The summed E-state index contributed by atoms with van der Waals surface area (Å²) in [5.74, 6) is 0.682. The van der Waals surface area contributed by atoms with Crippen LogP contribution in [0.25, 0.3) is 0 Å². The molecule has 13 heteroatoms. The summed E-state index contributed by atoms with van der Waals surface area (Å²) in [6.45, 7) is 7.92. The largest absolute Gasteiger partial charge is 0.476 e. The van der Waals surface area contributed by atoms with Crippen LogP contribution in [-0.2, 0) is 19.6 Å². The van der Waals surface area contributed by atoms with Gasteiger partial charge in [-0.2, -0.15) is 4.31 Å². The van der Waals surface area contributed by atoms with Crippen molar-refractivity contribution >= 4 is 27.8 Å². The van der Waals surface area contributed by atoms with E-state index in [9.17, 15) is 18.0 Å². The summed E-state index contributed by atoms with van der Waals surface area (Å²) in [6.07, 6.45) is 6.73. The predicted octanol–water partition coefficient (Wildman–Crippen LogP) is 1.97. The number of carbonyl (C=O) groups is 2. The molecule has 0 unspecified atom stereocenters. The van der Waals surface area contributed by atoms with Crippen LogP contribution in [0, 0.1) is 5.92 Å². The summed E-state index contributed by atoms with van der Waals surface area (Å²) < 4.78 is 38.4. The molecule has 0 N–H and O–H groups in total. The molecule has 0 radical (unpaired) electrons. The second-order valence-corrected chi connectivity index (χ2v) is 14.0. The van der Waals surface area contributed by atoms with E-state index in [1.807, 2.05) is 39.8 Å². The van der Waals surface area contributed by atoms with Crippen molar-refractivity contribution in [1.29, 1.82) is 0 Å². The smallest absolute Gasteiger partial charge is 0.410 e. The first kappa shape index (κ1) is 29.5. The lowest BCUT2D eigenvalue weighted by Gasteiger charge is -2.35. The van der Waals surface area contributed by atoms with E-state index >= 15 is 0 Å². The molecule has 3 aliphatic rings. The van der Waals surface area contributed by atoms with Gasteiger partial charge in [-0.05, 0) is 72.9 Å². The first-order valence-electron chi connectivity index (χ1n) is 13.7. The molecular formula is C26H42N6O6S. The molecule has 0 atom stereocenters. The van der Waals surface area contributed by atoms with Crippen molar-refractivity contribution in [3.05, 3.63) is 12.4 Å². The number of ether oxygens (including phenoxy) is 2. The number of nitrogens with zero attached hydrogens (tertiary/aromatic N) is 6. The third kappa shape index (κ3) is 7.57. The van der Waals surface area contributed by atoms with E-state index in [0.29, 0.717) is 43.7 Å². The van der Waals surface area contributed by atoms with Crippen LogP contribution in [0.5, 0.6) is 5.88 Å². The molecule has 2 saturated heterocycles. The summed E-state index contributed by atoms with van der Waals surface area (Å²) in [7, 11) is 0.291. The van der Waals surface area contributed by atoms with Crippen molar-refractivity contribution in [3.63, 3.8) is 0 Å². The van der Waals surface area contributed by atoms with Gasteiger partial charge in [0.15, 0.2) is 5.82 Å². The van der Waals surface area contributed by atoms with E-state index in [1.165, 1.54) is 21.6 Å². The molecule has 12 nitrogen and oxygen atoms in total. The van der Waals surface area contributed by atoms with Gasteiger partial charge in [0.2, 0.25) is 21.8 Å². The highest BCUT2D eigenvalue weighted by Crippen LogP contribution is 2.39. The van der Waals surface area contributed by atoms with Crippen LogP contribution in [-0.4, -0.2) is 115 Å². The Kier molecular flexibility index (Phi) is 8.72. The molecule has 1 saturated carbocycles. The van der Waals surface area contributed by atoms with Crippen LogP contribution >= 0.6 is 0 Å². The molecule has 3 heterocycles. The molecule has 2 aliphatic heterocycles. The summed E-state index contributed by atoms with van der Waals surface area (Å²) in [5.41, 5.74) is -0.529. The van der Waals surface area contributed by atoms with Gasteiger partial charge >= 0.3 is 6.09 Å². The highest BCUT2D eigenvalue weighted by molar-refractivity contribution is 7.89. The number of hydrogen-bond donors (Lipinski definition) is 0. The Morgan fingerprint density at radius 2 is 1.82 bits per heavy atom. The number of sulfonamides is 1. The molecule has 1 aromatic rings. The molecule has 2 amide bonds. The van der Waals surface area contributed by atoms with Gasteiger partial charge < -0.3 is 19.3 Å². The zero-order valence-corrected chi connectivity index (χ0v) is 24.6. The number of piperidine rings is 1. The summed E-state index contributed by atoms with van der Waals surface area (Å²) in [6, 6.07) is 0. The Morgan fingerprint density at radius 1 is 1.13 bits per heavy atom. The van der Waals surface area contributed by atoms with E-state index in [4.69, 9.17) is 9.47 Å². The van der Waals surface area contributed by atoms with Gasteiger partial charge in [0.05, 0.1) is 31.3 Å². The van der Waals surface area contributed by atoms with Crippen molar-refractivity contribution in [1.82, 2.24) is 24.1 Å². The zero-order chi connectivity index (χ0) is 28.4. The van der Waals surface area contributed by atoms with Crippen LogP contribution in [0.3, 0.4) is 0 Å². The topological polar surface area (TPSA) is 125 Å². The maximum absolute atomic E-state index is 12.9. The second-order valence-electron chi connectivity index (χ2n) is 11.9. The Balaban J connectivity index is 1.21. The van der Waals surface area contributed by atoms with Crippen molar-refractivity contribution in [2.75, 3.05) is 64.1 Å². The number of likely N-dealkylation sites (tertiary alicyclic amines) is 1. The molecule has 0 aromatic carbocycles. The van der Waals surface area contributed by atoms with Gasteiger partial charge in [-0.3, -0.25) is 9.69 Å².